The van der Waals surface area contributed by atoms with Crippen LogP contribution in [0, 0.1) is 0 Å². The Morgan fingerprint density at radius 2 is 1.94 bits per heavy atom. The van der Waals surface area contributed by atoms with Crippen LogP contribution in [-0.4, -0.2) is 28.2 Å². The molecule has 2 heterocycles. The highest BCUT2D eigenvalue weighted by atomic mass is 32.2. The fraction of sp³-hybridized carbons (Fsp3) is 0.160. The zero-order valence-corrected chi connectivity index (χ0v) is 18.6. The van der Waals surface area contributed by atoms with Gasteiger partial charge in [-0.25, -0.2) is 0 Å². The maximum Gasteiger partial charge on any atom is 0.305 e. The highest BCUT2D eigenvalue weighted by Crippen LogP contribution is 2.28. The number of fused-ring (bicyclic) bond motifs is 5. The molecule has 6 nitrogen and oxygen atoms in total. The fourth-order valence-electron chi connectivity index (χ4n) is 3.84. The van der Waals surface area contributed by atoms with E-state index in [1.165, 1.54) is 11.8 Å². The van der Waals surface area contributed by atoms with Gasteiger partial charge in [0.2, 0.25) is 11.6 Å². The molecule has 2 N–H and O–H groups in total. The SMILES string of the molecule is CCC(Sc1nc2ccccc2c2[nH]c3ccccc3[n+]12)C(=O)Nc1cccc(OC)c1. The predicted molar refractivity (Wildman–Crippen MR) is 128 cm³/mol. The monoisotopic (exact) mass is 443 g/mol. The zero-order valence-electron chi connectivity index (χ0n) is 17.8. The van der Waals surface area contributed by atoms with Crippen LogP contribution in [0.3, 0.4) is 0 Å². The number of carbonyl (C=O) groups is 1. The van der Waals surface area contributed by atoms with Crippen molar-refractivity contribution in [3.63, 3.8) is 0 Å². The highest BCUT2D eigenvalue weighted by Gasteiger charge is 2.26. The van der Waals surface area contributed by atoms with Crippen molar-refractivity contribution in [2.45, 2.75) is 23.8 Å². The Morgan fingerprint density at radius 1 is 1.12 bits per heavy atom. The molecule has 1 amide bonds. The Bertz CT molecular complexity index is 1450. The molecule has 5 aromatic rings. The van der Waals surface area contributed by atoms with Gasteiger partial charge < -0.3 is 10.1 Å². The molecule has 7 heteroatoms. The lowest BCUT2D eigenvalue weighted by Gasteiger charge is -2.14. The van der Waals surface area contributed by atoms with Gasteiger partial charge >= 0.3 is 5.16 Å². The maximum absolute atomic E-state index is 13.1. The first kappa shape index (κ1) is 20.3. The first-order valence-corrected chi connectivity index (χ1v) is 11.4. The third-order valence-electron chi connectivity index (χ3n) is 5.44. The second-order valence-electron chi connectivity index (χ2n) is 7.47. The number of ether oxygens (including phenoxy) is 1. The lowest BCUT2D eigenvalue weighted by atomic mass is 10.2. The van der Waals surface area contributed by atoms with Gasteiger partial charge in [0.1, 0.15) is 16.8 Å². The summed E-state index contributed by atoms with van der Waals surface area (Å²) < 4.78 is 7.38. The van der Waals surface area contributed by atoms with Crippen molar-refractivity contribution in [1.29, 1.82) is 0 Å². The van der Waals surface area contributed by atoms with E-state index < -0.39 is 0 Å². The van der Waals surface area contributed by atoms with E-state index in [1.54, 1.807) is 7.11 Å². The Balaban J connectivity index is 1.56. The summed E-state index contributed by atoms with van der Waals surface area (Å²) in [6, 6.07) is 23.6. The van der Waals surface area contributed by atoms with E-state index in [0.717, 1.165) is 32.7 Å². The topological polar surface area (TPSA) is 71.1 Å². The molecule has 0 aliphatic heterocycles. The number of carbonyl (C=O) groups excluding carboxylic acids is 1. The van der Waals surface area contributed by atoms with Gasteiger partial charge in [-0.15, -0.1) is 0 Å². The Hall–Kier alpha value is -3.58. The van der Waals surface area contributed by atoms with E-state index in [-0.39, 0.29) is 11.2 Å². The van der Waals surface area contributed by atoms with Gasteiger partial charge in [0.15, 0.2) is 5.52 Å². The Morgan fingerprint density at radius 3 is 2.78 bits per heavy atom. The van der Waals surface area contributed by atoms with Gasteiger partial charge in [-0.2, -0.15) is 4.40 Å². The molecule has 1 unspecified atom stereocenters. The quantitative estimate of drug-likeness (QED) is 0.221. The molecule has 0 bridgehead atoms. The molecule has 3 aromatic carbocycles. The number of thioether (sulfide) groups is 1. The van der Waals surface area contributed by atoms with Crippen LogP contribution in [0.4, 0.5) is 5.69 Å². The number of para-hydroxylation sites is 3. The number of hydrogen-bond acceptors (Lipinski definition) is 4. The summed E-state index contributed by atoms with van der Waals surface area (Å²) in [5.41, 5.74) is 4.64. The number of aromatic nitrogens is 3. The van der Waals surface area contributed by atoms with Crippen molar-refractivity contribution in [2.24, 2.45) is 0 Å². The third-order valence-corrected chi connectivity index (χ3v) is 6.75. The van der Waals surface area contributed by atoms with Gasteiger partial charge in [-0.3, -0.25) is 9.78 Å². The number of rotatable bonds is 6. The van der Waals surface area contributed by atoms with Gasteiger partial charge in [0.25, 0.3) is 0 Å². The molecule has 5 rings (SSSR count). The number of H-pyrrole nitrogens is 1. The van der Waals surface area contributed by atoms with Gasteiger partial charge in [0.05, 0.1) is 17.7 Å². The van der Waals surface area contributed by atoms with E-state index >= 15 is 0 Å². The molecule has 0 saturated heterocycles. The van der Waals surface area contributed by atoms with Crippen LogP contribution < -0.4 is 14.5 Å². The van der Waals surface area contributed by atoms with E-state index in [2.05, 4.69) is 32.9 Å². The lowest BCUT2D eigenvalue weighted by Crippen LogP contribution is -2.30. The second kappa shape index (κ2) is 8.51. The van der Waals surface area contributed by atoms with Crippen LogP contribution in [0.2, 0.25) is 0 Å². The summed E-state index contributed by atoms with van der Waals surface area (Å²) in [6.45, 7) is 2.01. The van der Waals surface area contributed by atoms with Crippen molar-refractivity contribution in [3.8, 4) is 5.75 Å². The number of nitrogens with zero attached hydrogens (tertiary/aromatic N) is 2. The first-order valence-electron chi connectivity index (χ1n) is 10.5. The summed E-state index contributed by atoms with van der Waals surface area (Å²) in [4.78, 5) is 21.6. The standard InChI is InChI=1S/C25H22N4O2S/c1-3-22(24(30)26-16-9-8-10-17(15-16)31-2)32-25-28-19-12-5-4-11-18(19)23-27-20-13-6-7-14-21(20)29(23)25/h4-15,22H,3H2,1-2H3,(H,26,30)/p+1. The first-order chi connectivity index (χ1) is 15.7. The molecule has 0 aliphatic carbocycles. The van der Waals surface area contributed by atoms with Crippen molar-refractivity contribution in [1.82, 2.24) is 9.97 Å². The fourth-order valence-corrected chi connectivity index (χ4v) is 4.87. The molecule has 0 saturated carbocycles. The van der Waals surface area contributed by atoms with Crippen molar-refractivity contribution >= 4 is 50.9 Å². The Kier molecular flexibility index (Phi) is 5.41. The number of aromatic amines is 1. The van der Waals surface area contributed by atoms with Crippen LogP contribution >= 0.6 is 11.8 Å². The maximum atomic E-state index is 13.1. The van der Waals surface area contributed by atoms with Crippen LogP contribution in [-0.2, 0) is 4.79 Å². The minimum atomic E-state index is -0.306. The molecule has 32 heavy (non-hydrogen) atoms. The highest BCUT2D eigenvalue weighted by molar-refractivity contribution is 8.00. The van der Waals surface area contributed by atoms with E-state index in [9.17, 15) is 4.79 Å². The molecule has 0 spiro atoms. The molecule has 160 valence electrons. The van der Waals surface area contributed by atoms with E-state index in [0.29, 0.717) is 17.9 Å². The second-order valence-corrected chi connectivity index (χ2v) is 8.64. The number of benzene rings is 3. The number of imidazole rings is 1. The molecular formula is C25H23N4O2S+. The van der Waals surface area contributed by atoms with E-state index in [1.807, 2.05) is 61.5 Å². The summed E-state index contributed by atoms with van der Waals surface area (Å²) in [7, 11) is 1.61. The Labute approximate surface area is 189 Å². The summed E-state index contributed by atoms with van der Waals surface area (Å²) in [5, 5.41) is 4.54. The molecule has 0 aliphatic rings. The van der Waals surface area contributed by atoms with Gasteiger partial charge in [0, 0.05) is 11.8 Å². The summed E-state index contributed by atoms with van der Waals surface area (Å²) in [6.07, 6.45) is 0.666. The third kappa shape index (κ3) is 3.65. The largest absolute Gasteiger partial charge is 0.497 e. The average Bonchev–Trinajstić information content (AvgIpc) is 3.22. The number of anilines is 1. The summed E-state index contributed by atoms with van der Waals surface area (Å²) in [5.74, 6) is 0.644. The molecule has 2 aromatic heterocycles. The van der Waals surface area contributed by atoms with Crippen LogP contribution in [0.5, 0.6) is 5.75 Å². The van der Waals surface area contributed by atoms with Crippen molar-refractivity contribution in [3.05, 3.63) is 72.8 Å². The van der Waals surface area contributed by atoms with Crippen molar-refractivity contribution in [2.75, 3.05) is 12.4 Å². The predicted octanol–water partition coefficient (Wildman–Crippen LogP) is 4.97. The molecule has 0 fully saturated rings. The minimum absolute atomic E-state index is 0.0608. The molecule has 1 atom stereocenters. The van der Waals surface area contributed by atoms with Crippen LogP contribution in [0.1, 0.15) is 13.3 Å². The van der Waals surface area contributed by atoms with Gasteiger partial charge in [-0.05, 0) is 54.6 Å². The van der Waals surface area contributed by atoms with Crippen LogP contribution in [0.15, 0.2) is 78.0 Å². The van der Waals surface area contributed by atoms with Crippen LogP contribution in [0.25, 0.3) is 27.6 Å². The molecule has 0 radical (unpaired) electrons. The number of hydrogen-bond donors (Lipinski definition) is 2. The number of nitrogens with one attached hydrogen (secondary N) is 2. The van der Waals surface area contributed by atoms with Gasteiger partial charge in [-0.1, -0.05) is 42.2 Å². The minimum Gasteiger partial charge on any atom is -0.497 e. The average molecular weight is 444 g/mol. The molecular weight excluding hydrogens is 420 g/mol. The lowest BCUT2D eigenvalue weighted by molar-refractivity contribution is -0.530. The van der Waals surface area contributed by atoms with Crippen molar-refractivity contribution < 1.29 is 13.9 Å². The number of methoxy groups -OCH3 is 1. The smallest absolute Gasteiger partial charge is 0.305 e. The zero-order chi connectivity index (χ0) is 22.1. The van der Waals surface area contributed by atoms with E-state index in [4.69, 9.17) is 9.72 Å². The normalized spacial score (nSPS) is 12.3. The number of amides is 1. The summed E-state index contributed by atoms with van der Waals surface area (Å²) >= 11 is 1.48.